The molecule has 0 saturated heterocycles. The first kappa shape index (κ1) is 59.6. The van der Waals surface area contributed by atoms with Crippen molar-refractivity contribution in [1.82, 2.24) is 24.7 Å². The van der Waals surface area contributed by atoms with E-state index in [2.05, 4.69) is 9.97 Å². The van der Waals surface area contributed by atoms with Crippen molar-refractivity contribution in [3.63, 3.8) is 0 Å². The van der Waals surface area contributed by atoms with Crippen LogP contribution in [-0.2, 0) is 64.3 Å². The van der Waals surface area contributed by atoms with Gasteiger partial charge in [-0.2, -0.15) is 13.2 Å². The van der Waals surface area contributed by atoms with Gasteiger partial charge < -0.3 is 19.8 Å². The van der Waals surface area contributed by atoms with Gasteiger partial charge >= 0.3 is 12.1 Å². The largest absolute Gasteiger partial charge is 0.480 e. The van der Waals surface area contributed by atoms with Crippen molar-refractivity contribution in [3.05, 3.63) is 298 Å². The first-order valence-corrected chi connectivity index (χ1v) is 28.0. The van der Waals surface area contributed by atoms with Crippen LogP contribution in [0, 0.1) is 13.8 Å². The minimum atomic E-state index is -4.44. The molecule has 7 aromatic carbocycles. The molecule has 1 aliphatic heterocycles. The Bertz CT molecular complexity index is 3730. The Balaban J connectivity index is 0.000000214. The number of pyridine rings is 2. The molecule has 0 radical (unpaired) electrons. The summed E-state index contributed by atoms with van der Waals surface area (Å²) in [6.45, 7) is 4.75. The summed E-state index contributed by atoms with van der Waals surface area (Å²) in [5.41, 5.74) is 11.5. The molecule has 10 rings (SSSR count). The number of carbonyl (C=O) groups is 4. The fourth-order valence-corrected chi connectivity index (χ4v) is 10.1. The summed E-state index contributed by atoms with van der Waals surface area (Å²) in [6, 6.07) is 63.3. The van der Waals surface area contributed by atoms with E-state index in [4.69, 9.17) is 0 Å². The molecule has 85 heavy (non-hydrogen) atoms. The number of nitrogens with zero attached hydrogens (tertiary/aromatic N) is 5. The third kappa shape index (κ3) is 16.6. The van der Waals surface area contributed by atoms with Gasteiger partial charge in [0.25, 0.3) is 0 Å². The number of amides is 3. The number of carbonyl (C=O) groups excluding carboxylic acids is 3. The minimum absolute atomic E-state index is 0.164. The highest BCUT2D eigenvalue weighted by Gasteiger charge is 2.36. The molecular formula is C72H64F3N5O5. The van der Waals surface area contributed by atoms with Crippen molar-refractivity contribution in [1.29, 1.82) is 0 Å². The van der Waals surface area contributed by atoms with Gasteiger partial charge in [-0.05, 0) is 113 Å². The molecule has 2 atom stereocenters. The third-order valence-corrected chi connectivity index (χ3v) is 14.8. The van der Waals surface area contributed by atoms with E-state index in [1.807, 2.05) is 208 Å². The molecule has 3 heterocycles. The fourth-order valence-electron chi connectivity index (χ4n) is 10.1. The van der Waals surface area contributed by atoms with Crippen LogP contribution < -0.4 is 0 Å². The Kier molecular flexibility index (Phi) is 19.9. The van der Waals surface area contributed by atoms with E-state index in [1.54, 1.807) is 34.3 Å². The third-order valence-electron chi connectivity index (χ3n) is 14.8. The summed E-state index contributed by atoms with van der Waals surface area (Å²) < 4.78 is 40.2. The van der Waals surface area contributed by atoms with Gasteiger partial charge in [-0.25, -0.2) is 4.79 Å². The van der Waals surface area contributed by atoms with Crippen molar-refractivity contribution < 1.29 is 37.5 Å². The smallest absolute Gasteiger partial charge is 0.416 e. The standard InChI is InChI=1S/C41H36F3N3O2.C31H28N2O3/c1-29-10-12-30(13-11-29)16-21-39(48)47(27-32-14-17-33(18-15-32)37-9-5-6-23-45-37)38(25-31-7-3-2-4-8-31)40(49)46-24-22-34-26-36(41(42,43)44)20-19-35(34)28-46;1-23-10-12-24(13-11-23)16-19-30(34)33(29(31(35)36)21-25-7-3-2-4-8-25)22-26-14-17-27(18-15-26)28-9-5-6-20-32-28/h2-21,23,26,38H,22,24-25,27-28H2,1H3;2-20,29H,21-22H2,1H3,(H,35,36)/b21-16+;19-16+/t38-;29-/m00/s1. The lowest BCUT2D eigenvalue weighted by Crippen LogP contribution is -2.52. The maximum atomic E-state index is 14.5. The summed E-state index contributed by atoms with van der Waals surface area (Å²) in [5.74, 6) is -1.97. The van der Waals surface area contributed by atoms with Crippen LogP contribution in [0.25, 0.3) is 34.7 Å². The molecule has 428 valence electrons. The summed E-state index contributed by atoms with van der Waals surface area (Å²) in [4.78, 5) is 68.0. The van der Waals surface area contributed by atoms with Gasteiger partial charge in [0, 0.05) is 74.7 Å². The van der Waals surface area contributed by atoms with E-state index in [0.717, 1.165) is 73.1 Å². The van der Waals surface area contributed by atoms with Gasteiger partial charge in [0.05, 0.1) is 17.0 Å². The zero-order valence-electron chi connectivity index (χ0n) is 47.2. The maximum absolute atomic E-state index is 14.5. The molecule has 13 heteroatoms. The quantitative estimate of drug-likeness (QED) is 0.0849. The van der Waals surface area contributed by atoms with Gasteiger partial charge in [-0.1, -0.05) is 187 Å². The molecule has 0 aliphatic carbocycles. The average Bonchev–Trinajstić information content (AvgIpc) is 3.67. The number of aromatic nitrogens is 2. The lowest BCUT2D eigenvalue weighted by molar-refractivity contribution is -0.148. The Morgan fingerprint density at radius 1 is 0.529 bits per heavy atom. The topological polar surface area (TPSA) is 124 Å². The van der Waals surface area contributed by atoms with Gasteiger partial charge in [-0.15, -0.1) is 0 Å². The molecule has 1 N–H and O–H groups in total. The molecule has 0 unspecified atom stereocenters. The number of aliphatic carboxylic acids is 1. The van der Waals surface area contributed by atoms with E-state index >= 15 is 0 Å². The molecule has 1 aliphatic rings. The molecule has 0 saturated carbocycles. The second-order valence-corrected chi connectivity index (χ2v) is 21.0. The molecule has 10 nitrogen and oxygen atoms in total. The number of hydrogen-bond acceptors (Lipinski definition) is 6. The second-order valence-electron chi connectivity index (χ2n) is 21.0. The number of carboxylic acid groups (broad SMARTS) is 1. The number of fused-ring (bicyclic) bond motifs is 1. The summed E-state index contributed by atoms with van der Waals surface area (Å²) in [5, 5.41) is 10.1. The summed E-state index contributed by atoms with van der Waals surface area (Å²) in [7, 11) is 0. The van der Waals surface area contributed by atoms with Crippen LogP contribution in [0.2, 0.25) is 0 Å². The van der Waals surface area contributed by atoms with E-state index in [0.29, 0.717) is 17.5 Å². The lowest BCUT2D eigenvalue weighted by atomic mass is 9.95. The minimum Gasteiger partial charge on any atom is -0.480 e. The predicted molar refractivity (Wildman–Crippen MR) is 327 cm³/mol. The molecule has 9 aromatic rings. The molecule has 2 aromatic heterocycles. The van der Waals surface area contributed by atoms with Crippen LogP contribution in [0.3, 0.4) is 0 Å². The molecule has 0 spiro atoms. The Morgan fingerprint density at radius 3 is 1.41 bits per heavy atom. The number of benzene rings is 7. The number of rotatable bonds is 18. The summed E-state index contributed by atoms with van der Waals surface area (Å²) in [6.07, 6.45) is 6.24. The van der Waals surface area contributed by atoms with Crippen LogP contribution in [-0.4, -0.2) is 72.1 Å². The van der Waals surface area contributed by atoms with Crippen molar-refractivity contribution >= 4 is 35.8 Å². The van der Waals surface area contributed by atoms with Crippen molar-refractivity contribution in [2.75, 3.05) is 6.54 Å². The maximum Gasteiger partial charge on any atom is 0.416 e. The van der Waals surface area contributed by atoms with E-state index in [-0.39, 0.29) is 56.7 Å². The van der Waals surface area contributed by atoms with Gasteiger partial charge in [-0.3, -0.25) is 24.4 Å². The number of aryl methyl sites for hydroxylation is 2. The molecular weight excluding hydrogens is 1070 g/mol. The molecule has 0 fully saturated rings. The monoisotopic (exact) mass is 1140 g/mol. The highest BCUT2D eigenvalue weighted by molar-refractivity contribution is 5.96. The Labute approximate surface area is 493 Å². The number of alkyl halides is 3. The summed E-state index contributed by atoms with van der Waals surface area (Å²) >= 11 is 0. The zero-order valence-corrected chi connectivity index (χ0v) is 47.2. The second kappa shape index (κ2) is 28.3. The average molecular weight is 1140 g/mol. The first-order chi connectivity index (χ1) is 41.1. The van der Waals surface area contributed by atoms with Crippen LogP contribution in [0.1, 0.15) is 61.2 Å². The van der Waals surface area contributed by atoms with Crippen molar-refractivity contribution in [2.24, 2.45) is 0 Å². The van der Waals surface area contributed by atoms with Crippen LogP contribution in [0.4, 0.5) is 13.2 Å². The van der Waals surface area contributed by atoms with Crippen LogP contribution in [0.15, 0.2) is 237 Å². The Hall–Kier alpha value is -10.0. The highest BCUT2D eigenvalue weighted by Crippen LogP contribution is 2.33. The number of hydrogen-bond donors (Lipinski definition) is 1. The molecule has 0 bridgehead atoms. The van der Waals surface area contributed by atoms with Crippen molar-refractivity contribution in [2.45, 2.75) is 71.0 Å². The van der Waals surface area contributed by atoms with E-state index in [9.17, 15) is 37.5 Å². The zero-order chi connectivity index (χ0) is 59.7. The fraction of sp³-hybridized carbons (Fsp3) is 0.167. The van der Waals surface area contributed by atoms with Crippen LogP contribution >= 0.6 is 0 Å². The van der Waals surface area contributed by atoms with E-state index in [1.165, 1.54) is 29.2 Å². The van der Waals surface area contributed by atoms with E-state index < -0.39 is 29.8 Å². The van der Waals surface area contributed by atoms with Crippen molar-refractivity contribution in [3.8, 4) is 22.5 Å². The first-order valence-electron chi connectivity index (χ1n) is 28.0. The number of halogens is 3. The SMILES string of the molecule is Cc1ccc(/C=C/C(=O)N(Cc2ccc(-c3ccccn3)cc2)[C@@H](Cc2ccccc2)C(=O)N2CCc3cc(C(F)(F)F)ccc3C2)cc1.Cc1ccc(/C=C/C(=O)N(Cc2ccc(-c3ccccn3)cc2)[C@@H](Cc2ccccc2)C(=O)O)cc1. The van der Waals surface area contributed by atoms with Gasteiger partial charge in [0.15, 0.2) is 0 Å². The Morgan fingerprint density at radius 2 is 0.976 bits per heavy atom. The molecule has 3 amide bonds. The normalized spacial score (nSPS) is 12.8. The highest BCUT2D eigenvalue weighted by atomic mass is 19.4. The van der Waals surface area contributed by atoms with Gasteiger partial charge in [0.1, 0.15) is 12.1 Å². The predicted octanol–water partition coefficient (Wildman–Crippen LogP) is 14.1. The van der Waals surface area contributed by atoms with Gasteiger partial charge in [0.2, 0.25) is 17.7 Å². The number of carboxylic acids is 1. The lowest BCUT2D eigenvalue weighted by Gasteiger charge is -2.37. The van der Waals surface area contributed by atoms with Crippen LogP contribution in [0.5, 0.6) is 0 Å².